The van der Waals surface area contributed by atoms with Crippen molar-refractivity contribution in [1.29, 1.82) is 0 Å². The molecule has 1 fully saturated rings. The molecule has 2 aromatic carbocycles. The number of amides is 2. The van der Waals surface area contributed by atoms with Gasteiger partial charge in [0.25, 0.3) is 0 Å². The molecule has 0 unspecified atom stereocenters. The Kier molecular flexibility index (Phi) is 13.4. The lowest BCUT2D eigenvalue weighted by Crippen LogP contribution is -2.43. The minimum absolute atomic E-state index is 0.00446. The second kappa shape index (κ2) is 18.2. The van der Waals surface area contributed by atoms with Crippen LogP contribution in [-0.2, 0) is 35.1 Å². The first-order valence-electron chi connectivity index (χ1n) is 20.4. The van der Waals surface area contributed by atoms with Crippen LogP contribution in [0.15, 0.2) is 59.5 Å². The number of aryl methyl sites for hydroxylation is 3. The third-order valence-corrected chi connectivity index (χ3v) is 15.9. The van der Waals surface area contributed by atoms with Gasteiger partial charge in [0, 0.05) is 67.3 Å². The molecule has 1 aliphatic rings. The zero-order valence-electron chi connectivity index (χ0n) is 34.6. The summed E-state index contributed by atoms with van der Waals surface area (Å²) in [4.78, 5) is 33.0. The van der Waals surface area contributed by atoms with Gasteiger partial charge in [-0.1, -0.05) is 45.9 Å². The van der Waals surface area contributed by atoms with Gasteiger partial charge in [-0.2, -0.15) is 5.10 Å². The monoisotopic (exact) mass is 796 g/mol. The molecule has 13 nitrogen and oxygen atoms in total. The summed E-state index contributed by atoms with van der Waals surface area (Å²) in [5, 5.41) is 30.3. The van der Waals surface area contributed by atoms with E-state index in [1.54, 1.807) is 12.1 Å². The van der Waals surface area contributed by atoms with Crippen LogP contribution in [0, 0.1) is 0 Å². The standard InChI is InChI=1S/C43H60N8O5Si/c1-8-35-33(39(47-30-20-23-55-24-21-30)34-26-46-51(9-2)41(34)49-35)25-45-42(54)48-29-14-12-28(13-15-29)11-10-22-44-27-37(56-57(6,7)43(3,4)5)31-16-18-36(52)40-32(31)17-19-38(53)50-40/h12-19,26,30,37,44,52H,8-11,20-25,27H2,1-7H3,(H,47,49)(H,50,53)(H2,45,48,54)/t37-/m0/s1. The number of hydrogen-bond donors (Lipinski definition) is 6. The number of nitrogens with one attached hydrogen (secondary N) is 5. The van der Waals surface area contributed by atoms with E-state index in [2.05, 4.69) is 91.2 Å². The molecule has 4 heterocycles. The number of pyridine rings is 2. The van der Waals surface area contributed by atoms with E-state index in [1.807, 2.05) is 29.1 Å². The fraction of sp³-hybridized carbons (Fsp3) is 0.488. The van der Waals surface area contributed by atoms with Crippen molar-refractivity contribution in [3.8, 4) is 5.75 Å². The number of H-pyrrole nitrogens is 1. The number of rotatable bonds is 16. The minimum Gasteiger partial charge on any atom is -0.506 e. The highest BCUT2D eigenvalue weighted by Gasteiger charge is 2.39. The predicted molar refractivity (Wildman–Crippen MR) is 231 cm³/mol. The number of phenolic OH excluding ortho intramolecular Hbond substituents is 1. The van der Waals surface area contributed by atoms with E-state index in [0.717, 1.165) is 103 Å². The van der Waals surface area contributed by atoms with E-state index in [-0.39, 0.29) is 34.5 Å². The van der Waals surface area contributed by atoms with Gasteiger partial charge in [-0.05, 0) is 99.1 Å². The van der Waals surface area contributed by atoms with Gasteiger partial charge in [0.05, 0.1) is 28.9 Å². The number of aromatic hydroxyl groups is 1. The highest BCUT2D eigenvalue weighted by molar-refractivity contribution is 6.74. The average molecular weight is 797 g/mol. The van der Waals surface area contributed by atoms with Crippen molar-refractivity contribution in [1.82, 2.24) is 30.4 Å². The lowest BCUT2D eigenvalue weighted by molar-refractivity contribution is 0.0904. The van der Waals surface area contributed by atoms with E-state index in [0.29, 0.717) is 18.6 Å². The summed E-state index contributed by atoms with van der Waals surface area (Å²) < 4.78 is 14.5. The molecule has 0 bridgehead atoms. The smallest absolute Gasteiger partial charge is 0.319 e. The molecule has 1 aliphatic heterocycles. The Bertz CT molecular complexity index is 2210. The second-order valence-corrected chi connectivity index (χ2v) is 21.2. The molecule has 0 saturated carbocycles. The Balaban J connectivity index is 1.04. The van der Waals surface area contributed by atoms with Crippen molar-refractivity contribution in [2.24, 2.45) is 0 Å². The number of aromatic amines is 1. The molecule has 1 atom stereocenters. The van der Waals surface area contributed by atoms with E-state index in [4.69, 9.17) is 14.1 Å². The summed E-state index contributed by atoms with van der Waals surface area (Å²) in [5.74, 6) is 0.0394. The van der Waals surface area contributed by atoms with Crippen LogP contribution in [-0.4, -0.2) is 71.5 Å². The molecule has 1 saturated heterocycles. The Morgan fingerprint density at radius 1 is 1.07 bits per heavy atom. The largest absolute Gasteiger partial charge is 0.506 e. The SMILES string of the molecule is CCc1nc2c(cnn2CC)c(NC2CCOCC2)c1CNC(=O)Nc1ccc(CCCNC[C@H](O[Si](C)(C)C(C)(C)C)c2ccc(O)c3[nH]c(=O)ccc23)cc1. The lowest BCUT2D eigenvalue weighted by Gasteiger charge is -2.39. The van der Waals surface area contributed by atoms with E-state index in [9.17, 15) is 14.7 Å². The lowest BCUT2D eigenvalue weighted by atomic mass is 10.0. The van der Waals surface area contributed by atoms with Crippen LogP contribution in [0.4, 0.5) is 16.2 Å². The van der Waals surface area contributed by atoms with Gasteiger partial charge < -0.3 is 40.5 Å². The molecule has 6 rings (SSSR count). The molecule has 14 heteroatoms. The third-order valence-electron chi connectivity index (χ3n) is 11.5. The van der Waals surface area contributed by atoms with Crippen LogP contribution in [0.25, 0.3) is 21.9 Å². The van der Waals surface area contributed by atoms with Crippen LogP contribution < -0.4 is 26.8 Å². The maximum atomic E-state index is 13.2. The van der Waals surface area contributed by atoms with Gasteiger partial charge >= 0.3 is 6.03 Å². The Labute approximate surface area is 336 Å². The Morgan fingerprint density at radius 3 is 2.53 bits per heavy atom. The summed E-state index contributed by atoms with van der Waals surface area (Å²) >= 11 is 0. The molecule has 6 N–H and O–H groups in total. The molecule has 57 heavy (non-hydrogen) atoms. The molecular weight excluding hydrogens is 737 g/mol. The van der Waals surface area contributed by atoms with Gasteiger partial charge in [-0.15, -0.1) is 0 Å². The number of carbonyl (C=O) groups is 1. The van der Waals surface area contributed by atoms with E-state index in [1.165, 1.54) is 11.6 Å². The third kappa shape index (κ3) is 10.0. The van der Waals surface area contributed by atoms with Gasteiger partial charge in [-0.25, -0.2) is 14.5 Å². The molecule has 0 spiro atoms. The molecule has 2 amide bonds. The molecular formula is C43H60N8O5Si. The second-order valence-electron chi connectivity index (χ2n) is 16.5. The van der Waals surface area contributed by atoms with E-state index < -0.39 is 8.32 Å². The predicted octanol–water partition coefficient (Wildman–Crippen LogP) is 7.76. The normalized spacial score (nSPS) is 14.6. The van der Waals surface area contributed by atoms with Crippen LogP contribution >= 0.6 is 0 Å². The highest BCUT2D eigenvalue weighted by atomic mass is 28.4. The van der Waals surface area contributed by atoms with Gasteiger partial charge in [0.2, 0.25) is 5.56 Å². The maximum Gasteiger partial charge on any atom is 0.319 e. The van der Waals surface area contributed by atoms with Crippen molar-refractivity contribution in [3.05, 3.63) is 87.5 Å². The molecule has 0 aliphatic carbocycles. The van der Waals surface area contributed by atoms with Crippen molar-refractivity contribution in [3.63, 3.8) is 0 Å². The first-order chi connectivity index (χ1) is 27.3. The fourth-order valence-electron chi connectivity index (χ4n) is 7.14. The summed E-state index contributed by atoms with van der Waals surface area (Å²) in [6.07, 6.45) is 5.95. The number of benzene rings is 2. The summed E-state index contributed by atoms with van der Waals surface area (Å²) in [6.45, 7) is 19.1. The quantitative estimate of drug-likeness (QED) is 0.0432. The number of fused-ring (bicyclic) bond motifs is 2. The fourth-order valence-corrected chi connectivity index (χ4v) is 8.41. The molecule has 0 radical (unpaired) electrons. The number of urea groups is 1. The van der Waals surface area contributed by atoms with Crippen LogP contribution in [0.2, 0.25) is 18.1 Å². The number of ether oxygens (including phenoxy) is 1. The summed E-state index contributed by atoms with van der Waals surface area (Å²) in [6, 6.07) is 14.8. The maximum absolute atomic E-state index is 13.2. The number of nitrogens with zero attached hydrogens (tertiary/aromatic N) is 3. The number of aromatic nitrogens is 4. The summed E-state index contributed by atoms with van der Waals surface area (Å²) in [5.41, 5.74) is 6.76. The van der Waals surface area contributed by atoms with Gasteiger partial charge in [0.15, 0.2) is 14.0 Å². The van der Waals surface area contributed by atoms with Crippen LogP contribution in [0.5, 0.6) is 5.75 Å². The van der Waals surface area contributed by atoms with Gasteiger partial charge in [0.1, 0.15) is 5.75 Å². The minimum atomic E-state index is -2.17. The zero-order valence-corrected chi connectivity index (χ0v) is 35.6. The molecule has 5 aromatic rings. The number of carbonyl (C=O) groups excluding carboxylic acids is 1. The first kappa shape index (κ1) is 41.9. The molecule has 306 valence electrons. The number of anilines is 2. The Morgan fingerprint density at radius 2 is 1.82 bits per heavy atom. The Hall–Kier alpha value is -4.76. The van der Waals surface area contributed by atoms with Crippen molar-refractivity contribution < 1.29 is 19.1 Å². The highest BCUT2D eigenvalue weighted by Crippen LogP contribution is 2.41. The number of hydrogen-bond acceptors (Lipinski definition) is 9. The van der Waals surface area contributed by atoms with Crippen molar-refractivity contribution in [2.75, 3.05) is 36.9 Å². The topological polar surface area (TPSA) is 167 Å². The van der Waals surface area contributed by atoms with Gasteiger partial charge in [-0.3, -0.25) is 4.79 Å². The average Bonchev–Trinajstić information content (AvgIpc) is 3.60. The van der Waals surface area contributed by atoms with Crippen molar-refractivity contribution in [2.45, 2.75) is 110 Å². The number of phenols is 1. The van der Waals surface area contributed by atoms with Crippen LogP contribution in [0.1, 0.15) is 82.4 Å². The zero-order chi connectivity index (χ0) is 40.7. The molecule has 3 aromatic heterocycles. The van der Waals surface area contributed by atoms with Crippen molar-refractivity contribution >= 4 is 47.7 Å². The van der Waals surface area contributed by atoms with Crippen LogP contribution in [0.3, 0.4) is 0 Å². The van der Waals surface area contributed by atoms with E-state index >= 15 is 0 Å². The first-order valence-corrected chi connectivity index (χ1v) is 23.3. The summed E-state index contributed by atoms with van der Waals surface area (Å²) in [7, 11) is -2.17.